The number of ether oxygens (including phenoxy) is 1. The van der Waals surface area contributed by atoms with Gasteiger partial charge in [0.2, 0.25) is 5.91 Å². The highest BCUT2D eigenvalue weighted by molar-refractivity contribution is 5.76. The van der Waals surface area contributed by atoms with Crippen LogP contribution in [0.15, 0.2) is 0 Å². The average Bonchev–Trinajstić information content (AvgIpc) is 2.25. The number of hydrogen-bond donors (Lipinski definition) is 2. The summed E-state index contributed by atoms with van der Waals surface area (Å²) in [6.45, 7) is 5.58. The Bertz CT molecular complexity index is 191. The quantitative estimate of drug-likeness (QED) is 0.591. The molecule has 1 atom stereocenters. The van der Waals surface area contributed by atoms with Crippen LogP contribution in [0.5, 0.6) is 0 Å². The van der Waals surface area contributed by atoms with Crippen LogP contribution in [0.4, 0.5) is 0 Å². The van der Waals surface area contributed by atoms with Crippen molar-refractivity contribution in [1.29, 1.82) is 0 Å². The largest absolute Gasteiger partial charge is 0.392 e. The summed E-state index contributed by atoms with van der Waals surface area (Å²) in [7, 11) is 0. The number of carbonyl (C=O) groups excluding carboxylic acids is 1. The molecule has 0 aromatic carbocycles. The van der Waals surface area contributed by atoms with Gasteiger partial charge in [0.05, 0.1) is 19.3 Å². The second-order valence-electron chi connectivity index (χ2n) is 3.80. The van der Waals surface area contributed by atoms with Gasteiger partial charge in [-0.05, 0) is 6.92 Å². The van der Waals surface area contributed by atoms with E-state index in [-0.39, 0.29) is 12.0 Å². The fraction of sp³-hybridized carbons (Fsp3) is 0.900. The highest BCUT2D eigenvalue weighted by Crippen LogP contribution is 1.99. The second kappa shape index (κ2) is 6.76. The monoisotopic (exact) mass is 216 g/mol. The first-order valence-electron chi connectivity index (χ1n) is 5.44. The van der Waals surface area contributed by atoms with Crippen LogP contribution in [0.1, 0.15) is 13.3 Å². The Hall–Kier alpha value is -0.650. The van der Waals surface area contributed by atoms with Gasteiger partial charge in [0.25, 0.3) is 0 Å². The molecule has 0 unspecified atom stereocenters. The molecule has 0 bridgehead atoms. The summed E-state index contributed by atoms with van der Waals surface area (Å²) in [6.07, 6.45) is 0.135. The van der Waals surface area contributed by atoms with Gasteiger partial charge in [-0.2, -0.15) is 0 Å². The van der Waals surface area contributed by atoms with E-state index in [1.54, 1.807) is 6.92 Å². The average molecular weight is 216 g/mol. The lowest BCUT2D eigenvalue weighted by Gasteiger charge is -2.26. The van der Waals surface area contributed by atoms with Crippen LogP contribution in [-0.2, 0) is 9.53 Å². The molecule has 5 nitrogen and oxygen atoms in total. The predicted molar refractivity (Wildman–Crippen MR) is 56.6 cm³/mol. The first-order valence-corrected chi connectivity index (χ1v) is 5.44. The molecule has 15 heavy (non-hydrogen) atoms. The lowest BCUT2D eigenvalue weighted by Crippen LogP contribution is -2.41. The topological polar surface area (TPSA) is 61.8 Å². The lowest BCUT2D eigenvalue weighted by atomic mass is 10.3. The van der Waals surface area contributed by atoms with Crippen molar-refractivity contribution in [2.45, 2.75) is 19.4 Å². The maximum Gasteiger partial charge on any atom is 0.224 e. The molecule has 0 aliphatic carbocycles. The van der Waals surface area contributed by atoms with E-state index in [1.165, 1.54) is 0 Å². The Morgan fingerprint density at radius 3 is 2.80 bits per heavy atom. The van der Waals surface area contributed by atoms with Crippen molar-refractivity contribution in [3.8, 4) is 0 Å². The zero-order valence-electron chi connectivity index (χ0n) is 9.24. The molecule has 5 heteroatoms. The minimum atomic E-state index is -0.358. The van der Waals surface area contributed by atoms with Gasteiger partial charge in [-0.3, -0.25) is 4.79 Å². The van der Waals surface area contributed by atoms with Crippen LogP contribution >= 0.6 is 0 Å². The van der Waals surface area contributed by atoms with Gasteiger partial charge in [0, 0.05) is 32.6 Å². The molecule has 88 valence electrons. The van der Waals surface area contributed by atoms with E-state index in [0.29, 0.717) is 45.8 Å². The van der Waals surface area contributed by atoms with Crippen molar-refractivity contribution in [2.24, 2.45) is 0 Å². The molecule has 0 aromatic rings. The molecule has 0 spiro atoms. The molecule has 1 aliphatic heterocycles. The number of aliphatic hydroxyl groups is 1. The molecule has 1 amide bonds. The van der Waals surface area contributed by atoms with Gasteiger partial charge in [-0.1, -0.05) is 0 Å². The number of rotatable bonds is 5. The normalized spacial score (nSPS) is 18.9. The Morgan fingerprint density at radius 2 is 2.20 bits per heavy atom. The van der Waals surface area contributed by atoms with Crippen LogP contribution < -0.4 is 5.32 Å². The summed E-state index contributed by atoms with van der Waals surface area (Å²) in [6, 6.07) is 0. The van der Waals surface area contributed by atoms with E-state index in [9.17, 15) is 4.79 Å². The molecular weight excluding hydrogens is 196 g/mol. The first-order chi connectivity index (χ1) is 7.20. The van der Waals surface area contributed by atoms with E-state index in [0.717, 1.165) is 0 Å². The van der Waals surface area contributed by atoms with Crippen LogP contribution in [0, 0.1) is 0 Å². The zero-order chi connectivity index (χ0) is 11.1. The predicted octanol–water partition coefficient (Wildman–Crippen LogP) is -0.794. The summed E-state index contributed by atoms with van der Waals surface area (Å²) < 4.78 is 5.16. The van der Waals surface area contributed by atoms with Gasteiger partial charge in [-0.25, -0.2) is 0 Å². The van der Waals surface area contributed by atoms with Gasteiger partial charge in [0.1, 0.15) is 0 Å². The standard InChI is InChI=1S/C10H20N2O3/c1-9(13)8-11-3-2-10(14)12-4-6-15-7-5-12/h9,11,13H,2-8H2,1H3/t9-/m1/s1. The van der Waals surface area contributed by atoms with Crippen LogP contribution in [-0.4, -0.2) is 61.4 Å². The molecular formula is C10H20N2O3. The molecule has 2 N–H and O–H groups in total. The fourth-order valence-corrected chi connectivity index (χ4v) is 1.48. The van der Waals surface area contributed by atoms with Crippen LogP contribution in [0.3, 0.4) is 0 Å². The smallest absolute Gasteiger partial charge is 0.224 e. The number of amides is 1. The van der Waals surface area contributed by atoms with Crippen molar-refractivity contribution in [1.82, 2.24) is 10.2 Å². The third-order valence-electron chi connectivity index (χ3n) is 2.32. The van der Waals surface area contributed by atoms with Gasteiger partial charge >= 0.3 is 0 Å². The minimum absolute atomic E-state index is 0.163. The number of nitrogens with one attached hydrogen (secondary N) is 1. The number of aliphatic hydroxyl groups excluding tert-OH is 1. The van der Waals surface area contributed by atoms with Gasteiger partial charge in [0.15, 0.2) is 0 Å². The molecule has 1 aliphatic rings. The zero-order valence-corrected chi connectivity index (χ0v) is 9.24. The van der Waals surface area contributed by atoms with E-state index in [2.05, 4.69) is 5.32 Å². The summed E-state index contributed by atoms with van der Waals surface area (Å²) >= 11 is 0. The summed E-state index contributed by atoms with van der Waals surface area (Å²) in [5.74, 6) is 0.163. The van der Waals surface area contributed by atoms with Gasteiger partial charge < -0.3 is 20.1 Å². The van der Waals surface area contributed by atoms with Crippen LogP contribution in [0.2, 0.25) is 0 Å². The number of hydrogen-bond acceptors (Lipinski definition) is 4. The molecule has 0 saturated carbocycles. The Labute approximate surface area is 90.4 Å². The maximum atomic E-state index is 11.6. The molecule has 1 heterocycles. The summed E-state index contributed by atoms with van der Waals surface area (Å²) in [5.41, 5.74) is 0. The summed E-state index contributed by atoms with van der Waals surface area (Å²) in [4.78, 5) is 13.4. The van der Waals surface area contributed by atoms with Crippen molar-refractivity contribution >= 4 is 5.91 Å². The van der Waals surface area contributed by atoms with Crippen molar-refractivity contribution in [2.75, 3.05) is 39.4 Å². The minimum Gasteiger partial charge on any atom is -0.392 e. The number of nitrogens with zero attached hydrogens (tertiary/aromatic N) is 1. The maximum absolute atomic E-state index is 11.6. The van der Waals surface area contributed by atoms with Crippen molar-refractivity contribution in [3.05, 3.63) is 0 Å². The van der Waals surface area contributed by atoms with Crippen LogP contribution in [0.25, 0.3) is 0 Å². The molecule has 1 rings (SSSR count). The lowest BCUT2D eigenvalue weighted by molar-refractivity contribution is -0.135. The van der Waals surface area contributed by atoms with E-state index >= 15 is 0 Å². The third-order valence-corrected chi connectivity index (χ3v) is 2.32. The third kappa shape index (κ3) is 5.11. The van der Waals surface area contributed by atoms with E-state index in [4.69, 9.17) is 9.84 Å². The van der Waals surface area contributed by atoms with Gasteiger partial charge in [-0.15, -0.1) is 0 Å². The van der Waals surface area contributed by atoms with Crippen molar-refractivity contribution < 1.29 is 14.6 Å². The Kier molecular flexibility index (Phi) is 5.60. The molecule has 1 fully saturated rings. The van der Waals surface area contributed by atoms with E-state index < -0.39 is 0 Å². The van der Waals surface area contributed by atoms with Crippen molar-refractivity contribution in [3.63, 3.8) is 0 Å². The number of carbonyl (C=O) groups is 1. The number of morpholine rings is 1. The van der Waals surface area contributed by atoms with E-state index in [1.807, 2.05) is 4.90 Å². The highest BCUT2D eigenvalue weighted by Gasteiger charge is 2.15. The highest BCUT2D eigenvalue weighted by atomic mass is 16.5. The SMILES string of the molecule is C[C@@H](O)CNCCC(=O)N1CCOCC1. The Balaban J connectivity index is 2.07. The molecule has 1 saturated heterocycles. The summed E-state index contributed by atoms with van der Waals surface area (Å²) in [5, 5.41) is 12.0. The Morgan fingerprint density at radius 1 is 1.53 bits per heavy atom. The second-order valence-corrected chi connectivity index (χ2v) is 3.80. The fourth-order valence-electron chi connectivity index (χ4n) is 1.48. The first kappa shape index (κ1) is 12.4. The molecule has 0 radical (unpaired) electrons. The molecule has 0 aromatic heterocycles.